The molecule has 0 rings (SSSR count). The third-order valence-corrected chi connectivity index (χ3v) is 1.21. The fraction of sp³-hybridized carbons (Fsp3) is 0.556. The molecule has 64 valence electrons. The molecule has 0 aromatic carbocycles. The Bertz CT molecular complexity index is 103. The summed E-state index contributed by atoms with van der Waals surface area (Å²) in [4.78, 5) is 0. The minimum absolute atomic E-state index is 1.06. The first-order valence-corrected chi connectivity index (χ1v) is 3.77. The van der Waals surface area contributed by atoms with E-state index in [0.29, 0.717) is 0 Å². The summed E-state index contributed by atoms with van der Waals surface area (Å²) in [7, 11) is 3.31. The Labute approximate surface area is 68.5 Å². The molecule has 0 aliphatic heterocycles. The standard InChI is InChI=1S/C9H16O2/c1-10-8-6-4-3-5-7-9-11-2/h6-9H,3-5H2,1-2H3. The first-order chi connectivity index (χ1) is 5.41. The Kier molecular flexibility index (Phi) is 8.32. The highest BCUT2D eigenvalue weighted by atomic mass is 16.5. The van der Waals surface area contributed by atoms with Crippen molar-refractivity contribution in [2.24, 2.45) is 0 Å². The molecular weight excluding hydrogens is 140 g/mol. The van der Waals surface area contributed by atoms with Crippen molar-refractivity contribution < 1.29 is 9.47 Å². The van der Waals surface area contributed by atoms with Crippen molar-refractivity contribution in [2.75, 3.05) is 14.2 Å². The zero-order valence-electron chi connectivity index (χ0n) is 7.25. The Morgan fingerprint density at radius 1 is 0.909 bits per heavy atom. The summed E-state index contributed by atoms with van der Waals surface area (Å²) in [6.45, 7) is 0. The van der Waals surface area contributed by atoms with Crippen molar-refractivity contribution >= 4 is 0 Å². The highest BCUT2D eigenvalue weighted by molar-refractivity contribution is 4.77. The van der Waals surface area contributed by atoms with Gasteiger partial charge in [0, 0.05) is 0 Å². The van der Waals surface area contributed by atoms with Crippen LogP contribution in [0.3, 0.4) is 0 Å². The van der Waals surface area contributed by atoms with E-state index in [4.69, 9.17) is 9.47 Å². The highest BCUT2D eigenvalue weighted by Gasteiger charge is 1.79. The summed E-state index contributed by atoms with van der Waals surface area (Å²) in [5.41, 5.74) is 0. The van der Waals surface area contributed by atoms with Gasteiger partial charge in [0.25, 0.3) is 0 Å². The number of hydrogen-bond donors (Lipinski definition) is 0. The number of rotatable bonds is 6. The maximum atomic E-state index is 4.75. The van der Waals surface area contributed by atoms with Crippen molar-refractivity contribution in [3.05, 3.63) is 24.7 Å². The van der Waals surface area contributed by atoms with Crippen molar-refractivity contribution in [1.29, 1.82) is 0 Å². The topological polar surface area (TPSA) is 18.5 Å². The van der Waals surface area contributed by atoms with Crippen LogP contribution >= 0.6 is 0 Å². The van der Waals surface area contributed by atoms with E-state index in [2.05, 4.69) is 0 Å². The van der Waals surface area contributed by atoms with Crippen LogP contribution < -0.4 is 0 Å². The molecule has 0 radical (unpaired) electrons. The number of allylic oxidation sites excluding steroid dienone is 2. The molecule has 0 aliphatic rings. The lowest BCUT2D eigenvalue weighted by atomic mass is 10.2. The summed E-state index contributed by atoms with van der Waals surface area (Å²) in [6.07, 6.45) is 10.7. The molecule has 0 heterocycles. The zero-order chi connectivity index (χ0) is 8.36. The second kappa shape index (κ2) is 9.08. The number of methoxy groups -OCH3 is 2. The summed E-state index contributed by atoms with van der Waals surface area (Å²) >= 11 is 0. The van der Waals surface area contributed by atoms with Gasteiger partial charge in [-0.1, -0.05) is 0 Å². The van der Waals surface area contributed by atoms with Crippen LogP contribution in [-0.2, 0) is 9.47 Å². The molecule has 0 atom stereocenters. The van der Waals surface area contributed by atoms with Crippen LogP contribution in [0.2, 0.25) is 0 Å². The van der Waals surface area contributed by atoms with Crippen molar-refractivity contribution in [1.82, 2.24) is 0 Å². The summed E-state index contributed by atoms with van der Waals surface area (Å²) in [6, 6.07) is 0. The van der Waals surface area contributed by atoms with Gasteiger partial charge in [-0.25, -0.2) is 0 Å². The SMILES string of the molecule is COC=CCCCC=COC. The molecule has 0 amide bonds. The van der Waals surface area contributed by atoms with E-state index in [1.807, 2.05) is 12.2 Å². The van der Waals surface area contributed by atoms with Crippen LogP contribution in [0.1, 0.15) is 19.3 Å². The molecule has 0 N–H and O–H groups in total. The number of ether oxygens (including phenoxy) is 2. The van der Waals surface area contributed by atoms with E-state index >= 15 is 0 Å². The molecule has 0 aromatic heterocycles. The van der Waals surface area contributed by atoms with Gasteiger partial charge in [0.15, 0.2) is 0 Å². The molecule has 2 nitrogen and oxygen atoms in total. The van der Waals surface area contributed by atoms with Crippen LogP contribution in [0, 0.1) is 0 Å². The molecule has 0 unspecified atom stereocenters. The maximum absolute atomic E-state index is 4.75. The van der Waals surface area contributed by atoms with Crippen LogP contribution in [0.5, 0.6) is 0 Å². The lowest BCUT2D eigenvalue weighted by Gasteiger charge is -1.90. The monoisotopic (exact) mass is 156 g/mol. The van der Waals surface area contributed by atoms with Gasteiger partial charge < -0.3 is 9.47 Å². The Morgan fingerprint density at radius 2 is 1.36 bits per heavy atom. The summed E-state index contributed by atoms with van der Waals surface area (Å²) in [5, 5.41) is 0. The normalized spacial score (nSPS) is 11.1. The highest BCUT2D eigenvalue weighted by Crippen LogP contribution is 1.97. The van der Waals surface area contributed by atoms with Gasteiger partial charge in [0.2, 0.25) is 0 Å². The van der Waals surface area contributed by atoms with Crippen LogP contribution in [0.4, 0.5) is 0 Å². The molecular formula is C9H16O2. The first kappa shape index (κ1) is 10.1. The Morgan fingerprint density at radius 3 is 1.73 bits per heavy atom. The van der Waals surface area contributed by atoms with Gasteiger partial charge in [-0.15, -0.1) is 0 Å². The number of hydrogen-bond acceptors (Lipinski definition) is 2. The second-order valence-corrected chi connectivity index (χ2v) is 2.15. The quantitative estimate of drug-likeness (QED) is 0.434. The molecule has 0 aliphatic carbocycles. The molecule has 0 fully saturated rings. The van der Waals surface area contributed by atoms with Gasteiger partial charge >= 0.3 is 0 Å². The van der Waals surface area contributed by atoms with Crippen LogP contribution in [-0.4, -0.2) is 14.2 Å². The first-order valence-electron chi connectivity index (χ1n) is 3.77. The predicted octanol–water partition coefficient (Wildman–Crippen LogP) is 2.48. The molecule has 0 bridgehead atoms. The van der Waals surface area contributed by atoms with Gasteiger partial charge in [-0.3, -0.25) is 0 Å². The van der Waals surface area contributed by atoms with E-state index in [9.17, 15) is 0 Å². The van der Waals surface area contributed by atoms with E-state index in [1.165, 1.54) is 0 Å². The maximum Gasteiger partial charge on any atom is 0.0784 e. The largest absolute Gasteiger partial charge is 0.505 e. The molecule has 0 aromatic rings. The Balaban J connectivity index is 3.02. The fourth-order valence-corrected chi connectivity index (χ4v) is 0.682. The molecule has 11 heavy (non-hydrogen) atoms. The fourth-order valence-electron chi connectivity index (χ4n) is 0.682. The van der Waals surface area contributed by atoms with Gasteiger partial charge in [0.1, 0.15) is 0 Å². The third kappa shape index (κ3) is 9.08. The minimum atomic E-state index is 1.06. The minimum Gasteiger partial charge on any atom is -0.505 e. The average Bonchev–Trinajstić information content (AvgIpc) is 2.03. The van der Waals surface area contributed by atoms with Crippen LogP contribution in [0.15, 0.2) is 24.7 Å². The van der Waals surface area contributed by atoms with Gasteiger partial charge in [-0.2, -0.15) is 0 Å². The van der Waals surface area contributed by atoms with Crippen LogP contribution in [0.25, 0.3) is 0 Å². The van der Waals surface area contributed by atoms with E-state index < -0.39 is 0 Å². The third-order valence-electron chi connectivity index (χ3n) is 1.21. The Hall–Kier alpha value is -0.920. The van der Waals surface area contributed by atoms with Crippen molar-refractivity contribution in [3.8, 4) is 0 Å². The molecule has 0 saturated heterocycles. The van der Waals surface area contributed by atoms with Crippen molar-refractivity contribution in [3.63, 3.8) is 0 Å². The summed E-state index contributed by atoms with van der Waals surface area (Å²) < 4.78 is 9.49. The molecule has 0 spiro atoms. The van der Waals surface area contributed by atoms with Gasteiger partial charge in [0.05, 0.1) is 26.7 Å². The second-order valence-electron chi connectivity index (χ2n) is 2.15. The summed E-state index contributed by atoms with van der Waals surface area (Å²) in [5.74, 6) is 0. The lowest BCUT2D eigenvalue weighted by molar-refractivity contribution is 0.335. The molecule has 2 heteroatoms. The smallest absolute Gasteiger partial charge is 0.0784 e. The average molecular weight is 156 g/mol. The zero-order valence-corrected chi connectivity index (χ0v) is 7.25. The predicted molar refractivity (Wildman–Crippen MR) is 46.1 cm³/mol. The lowest BCUT2D eigenvalue weighted by Crippen LogP contribution is -1.71. The van der Waals surface area contributed by atoms with E-state index in [-0.39, 0.29) is 0 Å². The number of unbranched alkanes of at least 4 members (excludes halogenated alkanes) is 2. The molecule has 0 saturated carbocycles. The van der Waals surface area contributed by atoms with E-state index in [1.54, 1.807) is 26.7 Å². The van der Waals surface area contributed by atoms with Gasteiger partial charge in [-0.05, 0) is 31.4 Å². The van der Waals surface area contributed by atoms with E-state index in [0.717, 1.165) is 19.3 Å². The van der Waals surface area contributed by atoms with Crippen molar-refractivity contribution in [2.45, 2.75) is 19.3 Å².